The molecule has 0 saturated heterocycles. The Hall–Kier alpha value is -12.0. The van der Waals surface area contributed by atoms with Crippen LogP contribution in [0.1, 0.15) is 154 Å². The molecule has 0 bridgehead atoms. The molecule has 15 aromatic rings. The predicted molar refractivity (Wildman–Crippen MR) is 489 cm³/mol. The first-order chi connectivity index (χ1) is 54.7. The summed E-state index contributed by atoms with van der Waals surface area (Å²) < 4.78 is 0. The van der Waals surface area contributed by atoms with E-state index in [0.717, 1.165) is 45.1 Å². The van der Waals surface area contributed by atoms with Crippen molar-refractivity contribution in [1.82, 2.24) is 0 Å². The lowest BCUT2D eigenvalue weighted by Crippen LogP contribution is -2.61. The number of hydrogen-bond acceptors (Lipinski definition) is 2. The summed E-state index contributed by atoms with van der Waals surface area (Å²) in [6.45, 7) is 35.4. The second-order valence-corrected chi connectivity index (χ2v) is 37.3. The van der Waals surface area contributed by atoms with E-state index in [9.17, 15) is 0 Å². The quantitative estimate of drug-likeness (QED) is 0.119. The maximum Gasteiger partial charge on any atom is 0.252 e. The van der Waals surface area contributed by atoms with E-state index in [2.05, 4.69) is 453 Å². The van der Waals surface area contributed by atoms with Gasteiger partial charge in [-0.1, -0.05) is 395 Å². The lowest BCUT2D eigenvalue weighted by atomic mass is 9.33. The van der Waals surface area contributed by atoms with E-state index in [1.54, 1.807) is 0 Å². The fourth-order valence-corrected chi connectivity index (χ4v) is 18.5. The van der Waals surface area contributed by atoms with Gasteiger partial charge in [0.25, 0.3) is 6.71 Å². The van der Waals surface area contributed by atoms with Crippen LogP contribution < -0.4 is 26.2 Å². The average molecular weight is 1470 g/mol. The fourth-order valence-electron chi connectivity index (χ4n) is 18.5. The molecule has 1 aliphatic carbocycles. The smallest absolute Gasteiger partial charge is 0.252 e. The van der Waals surface area contributed by atoms with Crippen LogP contribution in [0.3, 0.4) is 0 Å². The fraction of sp³-hybridized carbons (Fsp3) is 0.189. The predicted octanol–water partition coefficient (Wildman–Crippen LogP) is 28.3. The summed E-state index contributed by atoms with van der Waals surface area (Å²) >= 11 is 0. The molecule has 3 heteroatoms. The third kappa shape index (κ3) is 12.6. The van der Waals surface area contributed by atoms with Crippen LogP contribution >= 0.6 is 0 Å². The largest absolute Gasteiger partial charge is 0.310 e. The molecule has 0 fully saturated rings. The van der Waals surface area contributed by atoms with Crippen molar-refractivity contribution in [3.63, 3.8) is 0 Å². The lowest BCUT2D eigenvalue weighted by Gasteiger charge is -2.47. The second kappa shape index (κ2) is 27.7. The van der Waals surface area contributed by atoms with E-state index in [1.807, 2.05) is 0 Å². The zero-order valence-corrected chi connectivity index (χ0v) is 68.8. The molecule has 114 heavy (non-hydrogen) atoms. The van der Waals surface area contributed by atoms with E-state index in [1.165, 1.54) is 144 Å². The molecule has 0 N–H and O–H groups in total. The maximum atomic E-state index is 2.78. The van der Waals surface area contributed by atoms with Crippen LogP contribution in [0.15, 0.2) is 340 Å². The van der Waals surface area contributed by atoms with Crippen LogP contribution in [0.4, 0.5) is 34.1 Å². The summed E-state index contributed by atoms with van der Waals surface area (Å²) in [4.78, 5) is 5.52. The van der Waals surface area contributed by atoms with Gasteiger partial charge in [0.2, 0.25) is 0 Å². The molecule has 2 heterocycles. The Bertz CT molecular complexity index is 6050. The minimum absolute atomic E-state index is 0.109. The summed E-state index contributed by atoms with van der Waals surface area (Å²) in [5.74, 6) is 0. The number of anilines is 6. The molecule has 0 amide bonds. The van der Waals surface area contributed by atoms with Crippen LogP contribution in [-0.4, -0.2) is 6.71 Å². The Morgan fingerprint density at radius 3 is 1.04 bits per heavy atom. The zero-order chi connectivity index (χ0) is 79.0. The summed E-state index contributed by atoms with van der Waals surface area (Å²) in [5, 5.41) is 0. The second-order valence-electron chi connectivity index (χ2n) is 37.3. The minimum Gasteiger partial charge on any atom is -0.310 e. The van der Waals surface area contributed by atoms with E-state index in [4.69, 9.17) is 0 Å². The van der Waals surface area contributed by atoms with Crippen LogP contribution in [0.2, 0.25) is 0 Å². The van der Waals surface area contributed by atoms with Crippen molar-refractivity contribution in [3.8, 4) is 89.0 Å². The first kappa shape index (κ1) is 73.4. The highest BCUT2D eigenvalue weighted by Gasteiger charge is 2.50. The summed E-state index contributed by atoms with van der Waals surface area (Å²) in [6, 6.07) is 131. The maximum absolute atomic E-state index is 2.78. The van der Waals surface area contributed by atoms with Gasteiger partial charge in [0, 0.05) is 45.0 Å². The lowest BCUT2D eigenvalue weighted by molar-refractivity contribution is 0.569. The van der Waals surface area contributed by atoms with Gasteiger partial charge < -0.3 is 9.80 Å². The first-order valence-corrected chi connectivity index (χ1v) is 41.0. The minimum atomic E-state index is -0.719. The molecule has 18 rings (SSSR count). The number of fused-ring (bicyclic) bond motifs is 7. The van der Waals surface area contributed by atoms with Crippen LogP contribution in [0.25, 0.3) is 89.0 Å². The monoisotopic (exact) mass is 1470 g/mol. The zero-order valence-electron chi connectivity index (χ0n) is 68.8. The van der Waals surface area contributed by atoms with Gasteiger partial charge in [0.05, 0.1) is 16.8 Å². The van der Waals surface area contributed by atoms with Gasteiger partial charge in [0.15, 0.2) is 0 Å². The van der Waals surface area contributed by atoms with Crippen molar-refractivity contribution in [2.45, 2.75) is 136 Å². The summed E-state index contributed by atoms with van der Waals surface area (Å²) in [5.41, 5.74) is 39.4. The Kier molecular flexibility index (Phi) is 17.8. The average Bonchev–Trinajstić information content (AvgIpc) is 1.03. The van der Waals surface area contributed by atoms with Crippen molar-refractivity contribution in [1.29, 1.82) is 0 Å². The highest BCUT2D eigenvalue weighted by atomic mass is 15.2. The van der Waals surface area contributed by atoms with E-state index in [-0.39, 0.29) is 33.8 Å². The van der Waals surface area contributed by atoms with Crippen molar-refractivity contribution >= 4 is 57.2 Å². The summed E-state index contributed by atoms with van der Waals surface area (Å²) in [6.07, 6.45) is 0. The van der Waals surface area contributed by atoms with Gasteiger partial charge in [-0.2, -0.15) is 0 Å². The van der Waals surface area contributed by atoms with Crippen molar-refractivity contribution in [3.05, 3.63) is 390 Å². The Morgan fingerprint density at radius 2 is 0.579 bits per heavy atom. The molecule has 558 valence electrons. The van der Waals surface area contributed by atoms with Crippen molar-refractivity contribution in [2.24, 2.45) is 0 Å². The van der Waals surface area contributed by atoms with E-state index in [0.29, 0.717) is 0 Å². The highest BCUT2D eigenvalue weighted by Crippen LogP contribution is 2.61. The number of rotatable bonds is 11. The van der Waals surface area contributed by atoms with Crippen molar-refractivity contribution < 1.29 is 0 Å². The molecular weight excluding hydrogens is 1370 g/mol. The van der Waals surface area contributed by atoms with Gasteiger partial charge in [-0.15, -0.1) is 0 Å². The molecule has 0 aromatic heterocycles. The van der Waals surface area contributed by atoms with Gasteiger partial charge in [-0.3, -0.25) is 0 Å². The molecule has 2 nitrogen and oxygen atoms in total. The van der Waals surface area contributed by atoms with Gasteiger partial charge in [-0.25, -0.2) is 0 Å². The van der Waals surface area contributed by atoms with Crippen molar-refractivity contribution in [2.75, 3.05) is 9.80 Å². The molecule has 0 spiro atoms. The third-order valence-corrected chi connectivity index (χ3v) is 24.7. The third-order valence-electron chi connectivity index (χ3n) is 24.7. The summed E-state index contributed by atoms with van der Waals surface area (Å²) in [7, 11) is 0. The number of hydrogen-bond donors (Lipinski definition) is 0. The topological polar surface area (TPSA) is 6.48 Å². The molecule has 0 saturated carbocycles. The molecule has 3 aliphatic rings. The molecule has 0 radical (unpaired) electrons. The highest BCUT2D eigenvalue weighted by molar-refractivity contribution is 7.00. The first-order valence-electron chi connectivity index (χ1n) is 41.0. The normalized spacial score (nSPS) is 14.4. The molecule has 15 aromatic carbocycles. The van der Waals surface area contributed by atoms with Crippen LogP contribution in [0, 0.1) is 0 Å². The van der Waals surface area contributed by atoms with E-state index >= 15 is 0 Å². The van der Waals surface area contributed by atoms with Gasteiger partial charge in [0.1, 0.15) is 0 Å². The molecule has 1 atom stereocenters. The Balaban J connectivity index is 1.02. The van der Waals surface area contributed by atoms with E-state index < -0.39 is 5.41 Å². The standard InChI is InChI=1S/C111H101BN2/c1-106(2,3)83-61-80(62-84(65-83)107(4,5)6)78-56-60-98-97(63-78)112-96-59-55-79(88-50-36-51-90-89-49-34-35-52-95(89)111(102(88)90,81-47-32-21-33-48-81)82-57-53-73(54-58-82)72-37-22-16-23-38-72)64-99(96)114(105-93(76-43-28-19-29-44-76)68-86(109(10,11)12)69-94(105)77-45-30-20-31-46-77)101-71-87(110(13,14)15)70-100(103(101)112)113(98)104-91(74-39-24-17-25-40-74)66-85(108(7,8)9)67-92(104)75-41-26-18-27-42-75/h16-71H,1-15H3. The van der Waals surface area contributed by atoms with Gasteiger partial charge >= 0.3 is 0 Å². The van der Waals surface area contributed by atoms with Crippen LogP contribution in [0.5, 0.6) is 0 Å². The number of nitrogens with zero attached hydrogens (tertiary/aromatic N) is 2. The molecule has 2 aliphatic heterocycles. The Labute approximate surface area is 677 Å². The Morgan fingerprint density at radius 1 is 0.219 bits per heavy atom. The molecule has 1 unspecified atom stereocenters. The van der Waals surface area contributed by atoms with Gasteiger partial charge in [-0.05, 0) is 209 Å². The SMILES string of the molecule is CC(C)(C)c1cc(-c2ccc3c(c2)B2c4ccc(-c5cccc6c5C(c5ccccc5)(c5ccc(-c7ccccc7)cc5)c5ccccc5-6)cc4N(c4c(-c5ccccc5)cc(C(C)(C)C)cc4-c4ccccc4)c4cc(C(C)(C)C)cc(c42)N3c2c(-c3ccccc3)cc(C(C)(C)C)cc2-c2ccccc2)cc(C(C)(C)C)c1. The molecular formula is C111H101BN2. The number of benzene rings is 15. The van der Waals surface area contributed by atoms with Crippen LogP contribution in [-0.2, 0) is 32.5 Å².